The SMILES string of the molecule is C=CC(=O)OCCCCCCOc1ccc(-c2ccc(C(=O)Oc3ccc(C4O[C@@H](C(=O)OCC)[C@H](C(=O)OCC)O4)cc3)cc2)cc1. The van der Waals surface area contributed by atoms with Crippen molar-refractivity contribution in [2.45, 2.75) is 58.0 Å². The number of benzene rings is 3. The van der Waals surface area contributed by atoms with Crippen LogP contribution in [0.15, 0.2) is 85.5 Å². The van der Waals surface area contributed by atoms with Crippen molar-refractivity contribution in [3.8, 4) is 22.6 Å². The molecule has 0 saturated carbocycles. The molecule has 11 heteroatoms. The van der Waals surface area contributed by atoms with Gasteiger partial charge in [0.1, 0.15) is 11.5 Å². The Morgan fingerprint density at radius 2 is 1.19 bits per heavy atom. The fourth-order valence-electron chi connectivity index (χ4n) is 4.79. The highest BCUT2D eigenvalue weighted by atomic mass is 16.8. The van der Waals surface area contributed by atoms with Crippen LogP contribution >= 0.6 is 0 Å². The van der Waals surface area contributed by atoms with Crippen molar-refractivity contribution in [3.05, 3.63) is 96.6 Å². The predicted octanol–water partition coefficient (Wildman–Crippen LogP) is 6.15. The fourth-order valence-corrected chi connectivity index (χ4v) is 4.79. The number of hydrogen-bond donors (Lipinski definition) is 0. The maximum Gasteiger partial charge on any atom is 0.343 e. The van der Waals surface area contributed by atoms with E-state index < -0.39 is 42.4 Å². The summed E-state index contributed by atoms with van der Waals surface area (Å²) < 4.78 is 37.8. The van der Waals surface area contributed by atoms with Gasteiger partial charge in [0.2, 0.25) is 0 Å². The number of unbranched alkanes of at least 4 members (excludes halogenated alkanes) is 3. The van der Waals surface area contributed by atoms with Gasteiger partial charge in [-0.2, -0.15) is 0 Å². The molecule has 1 aliphatic heterocycles. The summed E-state index contributed by atoms with van der Waals surface area (Å²) in [5.41, 5.74) is 2.79. The fraction of sp³-hybridized carbons (Fsp3) is 0.351. The van der Waals surface area contributed by atoms with E-state index in [1.165, 1.54) is 0 Å². The van der Waals surface area contributed by atoms with Gasteiger partial charge < -0.3 is 33.2 Å². The molecule has 0 unspecified atom stereocenters. The third-order valence-electron chi connectivity index (χ3n) is 7.24. The van der Waals surface area contributed by atoms with E-state index in [4.69, 9.17) is 33.2 Å². The molecule has 4 rings (SSSR count). The number of carbonyl (C=O) groups is 4. The standard InChI is InChI=1S/C37H40O11/c1-4-31(38)45-24-10-8-7-9-23-44-29-19-15-26(16-20-29)25-11-13-27(14-12-25)34(39)46-30-21-17-28(18-22-30)37-47-32(35(40)42-5-2)33(48-37)36(41)43-6-3/h4,11-22,32-33,37H,1,5-10,23-24H2,2-3H3/t32-,33-/m1/s1. The number of carbonyl (C=O) groups excluding carboxylic acids is 4. The number of esters is 4. The van der Waals surface area contributed by atoms with Gasteiger partial charge in [-0.25, -0.2) is 19.2 Å². The monoisotopic (exact) mass is 660 g/mol. The second kappa shape index (κ2) is 18.4. The summed E-state index contributed by atoms with van der Waals surface area (Å²) in [5.74, 6) is -1.31. The Morgan fingerprint density at radius 1 is 0.667 bits per heavy atom. The molecule has 0 amide bonds. The highest BCUT2D eigenvalue weighted by Gasteiger charge is 2.47. The first kappa shape index (κ1) is 35.8. The highest BCUT2D eigenvalue weighted by Crippen LogP contribution is 2.33. The Bertz CT molecular complexity index is 1490. The van der Waals surface area contributed by atoms with Gasteiger partial charge in [-0.1, -0.05) is 43.0 Å². The first-order chi connectivity index (χ1) is 23.3. The van der Waals surface area contributed by atoms with E-state index in [0.29, 0.717) is 30.1 Å². The molecule has 0 aromatic heterocycles. The molecule has 1 heterocycles. The molecule has 0 bridgehead atoms. The lowest BCUT2D eigenvalue weighted by molar-refractivity contribution is -0.163. The summed E-state index contributed by atoms with van der Waals surface area (Å²) in [5, 5.41) is 0. The Kier molecular flexibility index (Phi) is 13.7. The van der Waals surface area contributed by atoms with Crippen molar-refractivity contribution in [3.63, 3.8) is 0 Å². The van der Waals surface area contributed by atoms with E-state index in [1.54, 1.807) is 50.2 Å². The zero-order chi connectivity index (χ0) is 34.3. The molecule has 0 N–H and O–H groups in total. The second-order valence-corrected chi connectivity index (χ2v) is 10.6. The van der Waals surface area contributed by atoms with Gasteiger partial charge in [-0.05, 0) is 87.1 Å². The summed E-state index contributed by atoms with van der Waals surface area (Å²) in [6.45, 7) is 7.91. The molecule has 11 nitrogen and oxygen atoms in total. The van der Waals surface area contributed by atoms with Crippen molar-refractivity contribution in [1.29, 1.82) is 0 Å². The molecular weight excluding hydrogens is 620 g/mol. The van der Waals surface area contributed by atoms with Gasteiger partial charge in [-0.3, -0.25) is 0 Å². The first-order valence-electron chi connectivity index (χ1n) is 15.9. The third-order valence-corrected chi connectivity index (χ3v) is 7.24. The van der Waals surface area contributed by atoms with Gasteiger partial charge in [0.15, 0.2) is 18.5 Å². The molecule has 0 aliphatic carbocycles. The smallest absolute Gasteiger partial charge is 0.343 e. The van der Waals surface area contributed by atoms with Crippen molar-refractivity contribution >= 4 is 23.9 Å². The van der Waals surface area contributed by atoms with Crippen LogP contribution < -0.4 is 9.47 Å². The lowest BCUT2D eigenvalue weighted by Gasteiger charge is -2.13. The van der Waals surface area contributed by atoms with E-state index in [0.717, 1.165) is 48.6 Å². The zero-order valence-corrected chi connectivity index (χ0v) is 27.1. The summed E-state index contributed by atoms with van der Waals surface area (Å²) in [6, 6.07) is 21.2. The molecule has 3 aromatic rings. The van der Waals surface area contributed by atoms with Crippen molar-refractivity contribution in [1.82, 2.24) is 0 Å². The number of rotatable bonds is 17. The van der Waals surface area contributed by atoms with E-state index in [1.807, 2.05) is 36.4 Å². The molecule has 2 atom stereocenters. The summed E-state index contributed by atoms with van der Waals surface area (Å²) >= 11 is 0. The van der Waals surface area contributed by atoms with Crippen molar-refractivity contribution < 1.29 is 52.3 Å². The Morgan fingerprint density at radius 3 is 1.73 bits per heavy atom. The van der Waals surface area contributed by atoms with Crippen LogP contribution in [0.25, 0.3) is 11.1 Å². The molecule has 1 aliphatic rings. The van der Waals surface area contributed by atoms with Gasteiger partial charge >= 0.3 is 23.9 Å². The van der Waals surface area contributed by atoms with E-state index in [2.05, 4.69) is 6.58 Å². The van der Waals surface area contributed by atoms with Crippen LogP contribution in [0, 0.1) is 0 Å². The highest BCUT2D eigenvalue weighted by molar-refractivity contribution is 5.91. The predicted molar refractivity (Wildman–Crippen MR) is 174 cm³/mol. The Hall–Kier alpha value is -5.00. The van der Waals surface area contributed by atoms with Gasteiger partial charge in [0.05, 0.1) is 32.0 Å². The largest absolute Gasteiger partial charge is 0.494 e. The molecule has 0 radical (unpaired) electrons. The van der Waals surface area contributed by atoms with Crippen LogP contribution in [0.3, 0.4) is 0 Å². The van der Waals surface area contributed by atoms with Gasteiger partial charge in [0.25, 0.3) is 0 Å². The second-order valence-electron chi connectivity index (χ2n) is 10.6. The Balaban J connectivity index is 1.24. The number of ether oxygens (including phenoxy) is 7. The quantitative estimate of drug-likeness (QED) is 0.0543. The molecular formula is C37H40O11. The minimum Gasteiger partial charge on any atom is -0.494 e. The van der Waals surface area contributed by atoms with Crippen LogP contribution in [-0.4, -0.2) is 62.5 Å². The minimum absolute atomic E-state index is 0.118. The van der Waals surface area contributed by atoms with Crippen molar-refractivity contribution in [2.24, 2.45) is 0 Å². The molecule has 3 aromatic carbocycles. The zero-order valence-electron chi connectivity index (χ0n) is 27.1. The summed E-state index contributed by atoms with van der Waals surface area (Å²) in [7, 11) is 0. The topological polar surface area (TPSA) is 133 Å². The average molecular weight is 661 g/mol. The van der Waals surface area contributed by atoms with E-state index in [-0.39, 0.29) is 13.2 Å². The number of hydrogen-bond acceptors (Lipinski definition) is 11. The maximum absolute atomic E-state index is 12.8. The molecule has 0 spiro atoms. The normalized spacial score (nSPS) is 15.7. The van der Waals surface area contributed by atoms with Crippen LogP contribution in [0.1, 0.15) is 61.7 Å². The molecule has 48 heavy (non-hydrogen) atoms. The summed E-state index contributed by atoms with van der Waals surface area (Å²) in [6.07, 6.45) is 1.25. The van der Waals surface area contributed by atoms with Crippen LogP contribution in [0.5, 0.6) is 11.5 Å². The average Bonchev–Trinajstić information content (AvgIpc) is 3.56. The van der Waals surface area contributed by atoms with Gasteiger partial charge in [0, 0.05) is 11.6 Å². The first-order valence-corrected chi connectivity index (χ1v) is 15.9. The molecule has 1 fully saturated rings. The van der Waals surface area contributed by atoms with Crippen LogP contribution in [-0.2, 0) is 38.1 Å². The molecule has 254 valence electrons. The van der Waals surface area contributed by atoms with Gasteiger partial charge in [-0.15, -0.1) is 0 Å². The lowest BCUT2D eigenvalue weighted by Crippen LogP contribution is -2.39. The Labute approximate surface area is 279 Å². The summed E-state index contributed by atoms with van der Waals surface area (Å²) in [4.78, 5) is 48.6. The maximum atomic E-state index is 12.8. The third kappa shape index (κ3) is 10.2. The van der Waals surface area contributed by atoms with Crippen LogP contribution in [0.4, 0.5) is 0 Å². The minimum atomic E-state index is -1.27. The van der Waals surface area contributed by atoms with Crippen molar-refractivity contribution in [2.75, 3.05) is 26.4 Å². The van der Waals surface area contributed by atoms with Crippen LogP contribution in [0.2, 0.25) is 0 Å². The molecule has 1 saturated heterocycles. The van der Waals surface area contributed by atoms with E-state index in [9.17, 15) is 19.2 Å². The lowest BCUT2D eigenvalue weighted by atomic mass is 10.0. The van der Waals surface area contributed by atoms with E-state index >= 15 is 0 Å².